The van der Waals surface area contributed by atoms with Gasteiger partial charge in [0.2, 0.25) is 11.8 Å². The zero-order chi connectivity index (χ0) is 20.8. The normalized spacial score (nSPS) is 26.6. The summed E-state index contributed by atoms with van der Waals surface area (Å²) in [6.45, 7) is 1.97. The lowest BCUT2D eigenvalue weighted by molar-refractivity contribution is -0.742. The fraction of sp³-hybridized carbons (Fsp3) is 0.333. The number of nitrogens with zero attached hydrogens (tertiary/aromatic N) is 3. The number of nitro groups is 1. The van der Waals surface area contributed by atoms with Gasteiger partial charge in [0, 0.05) is 29.7 Å². The number of nitro benzene ring substituents is 1. The molecule has 0 saturated heterocycles. The van der Waals surface area contributed by atoms with Crippen LogP contribution in [0.25, 0.3) is 0 Å². The van der Waals surface area contributed by atoms with E-state index in [1.165, 1.54) is 12.1 Å². The van der Waals surface area contributed by atoms with E-state index >= 15 is 0 Å². The van der Waals surface area contributed by atoms with Crippen molar-refractivity contribution in [2.75, 3.05) is 0 Å². The predicted molar refractivity (Wildman–Crippen MR) is 109 cm³/mol. The molecule has 1 aliphatic carbocycles. The van der Waals surface area contributed by atoms with E-state index in [9.17, 15) is 20.5 Å². The summed E-state index contributed by atoms with van der Waals surface area (Å²) in [4.78, 5) is 10.6. The number of hydrogen-bond acceptors (Lipinski definition) is 6. The van der Waals surface area contributed by atoms with Gasteiger partial charge in [0.1, 0.15) is 0 Å². The third-order valence-electron chi connectivity index (χ3n) is 5.73. The van der Waals surface area contributed by atoms with Gasteiger partial charge in [0.25, 0.3) is 5.69 Å². The number of non-ortho nitro benzene ring substituents is 1. The van der Waals surface area contributed by atoms with Crippen LogP contribution in [-0.4, -0.2) is 15.8 Å². The molecule has 8 heteroatoms. The van der Waals surface area contributed by atoms with Gasteiger partial charge in [0.15, 0.2) is 12.4 Å². The lowest BCUT2D eigenvalue weighted by Crippen LogP contribution is -2.65. The summed E-state index contributed by atoms with van der Waals surface area (Å²) >= 11 is 4.48. The van der Waals surface area contributed by atoms with Crippen LogP contribution in [0.1, 0.15) is 35.9 Å². The zero-order valence-electron chi connectivity index (χ0n) is 15.8. The van der Waals surface area contributed by atoms with E-state index in [4.69, 9.17) is 0 Å². The number of aromatic nitrogens is 1. The Morgan fingerprint density at radius 1 is 1.34 bits per heavy atom. The second-order valence-electron chi connectivity index (χ2n) is 7.70. The number of nitriles is 1. The molecule has 2 N–H and O–H groups in total. The molecule has 7 nitrogen and oxygen atoms in total. The third-order valence-corrected chi connectivity index (χ3v) is 6.08. The van der Waals surface area contributed by atoms with Gasteiger partial charge in [-0.1, -0.05) is 12.1 Å². The van der Waals surface area contributed by atoms with Crippen LogP contribution in [0.2, 0.25) is 0 Å². The van der Waals surface area contributed by atoms with Crippen molar-refractivity contribution in [2.24, 2.45) is 5.92 Å². The fourth-order valence-electron chi connectivity index (χ4n) is 4.22. The summed E-state index contributed by atoms with van der Waals surface area (Å²) in [5, 5.41) is 36.1. The fourth-order valence-corrected chi connectivity index (χ4v) is 4.59. The molecule has 2 heterocycles. The Bertz CT molecular complexity index is 1040. The number of benzene rings is 1. The molecule has 2 aromatic rings. The Morgan fingerprint density at radius 2 is 2.03 bits per heavy atom. The molecule has 1 aromatic heterocycles. The van der Waals surface area contributed by atoms with E-state index < -0.39 is 22.6 Å². The van der Waals surface area contributed by atoms with E-state index in [0.717, 1.165) is 24.0 Å². The summed E-state index contributed by atoms with van der Waals surface area (Å²) in [7, 11) is 0. The molecule has 1 fully saturated rings. The van der Waals surface area contributed by atoms with Crippen LogP contribution >= 0.6 is 12.6 Å². The van der Waals surface area contributed by atoms with Crippen LogP contribution in [0.15, 0.2) is 59.4 Å². The molecule has 0 spiro atoms. The van der Waals surface area contributed by atoms with Crippen molar-refractivity contribution in [3.05, 3.63) is 80.6 Å². The molecule has 0 bridgehead atoms. The minimum absolute atomic E-state index is 0.0199. The van der Waals surface area contributed by atoms with Crippen LogP contribution in [0.4, 0.5) is 5.69 Å². The molecule has 2 aliphatic rings. The molecule has 0 radical (unpaired) electrons. The third kappa shape index (κ3) is 3.37. The zero-order valence-corrected chi connectivity index (χ0v) is 16.7. The average Bonchev–Trinajstić information content (AvgIpc) is 3.53. The van der Waals surface area contributed by atoms with E-state index in [1.807, 2.05) is 36.0 Å². The van der Waals surface area contributed by atoms with Crippen LogP contribution in [0.5, 0.6) is 0 Å². The molecule has 1 aromatic carbocycles. The standard InChI is InChI=1S/C21H20N4O3S/c1-13-3-2-10-24(12-13)19-18(14-4-8-16(9-5-14)25(27)28)17(11-22)20(29)23-21(19,26)15-6-7-15/h2-5,8-10,12,15,18-19,23,26H,6-7H2,1H3/p+1/t18-,19-,21-/m1/s1. The van der Waals surface area contributed by atoms with E-state index in [0.29, 0.717) is 10.6 Å². The number of hydrogen-bond donors (Lipinski definition) is 3. The van der Waals surface area contributed by atoms with Crippen molar-refractivity contribution in [2.45, 2.75) is 37.5 Å². The van der Waals surface area contributed by atoms with E-state index in [2.05, 4.69) is 24.0 Å². The van der Waals surface area contributed by atoms with Crippen molar-refractivity contribution in [3.63, 3.8) is 0 Å². The average molecular weight is 409 g/mol. The second kappa shape index (κ2) is 7.17. The molecule has 0 unspecified atom stereocenters. The topological polar surface area (TPSA) is 103 Å². The highest BCUT2D eigenvalue weighted by Gasteiger charge is 2.60. The highest BCUT2D eigenvalue weighted by atomic mass is 32.1. The Labute approximate surface area is 173 Å². The first-order valence-electron chi connectivity index (χ1n) is 9.40. The Morgan fingerprint density at radius 3 is 2.59 bits per heavy atom. The van der Waals surface area contributed by atoms with E-state index in [1.54, 1.807) is 12.1 Å². The number of pyridine rings is 1. The van der Waals surface area contributed by atoms with Crippen LogP contribution < -0.4 is 9.88 Å². The van der Waals surface area contributed by atoms with Gasteiger partial charge >= 0.3 is 0 Å². The Kier molecular flexibility index (Phi) is 4.81. The highest BCUT2D eigenvalue weighted by molar-refractivity contribution is 7.84. The minimum atomic E-state index is -1.29. The van der Waals surface area contributed by atoms with Crippen molar-refractivity contribution >= 4 is 18.3 Å². The largest absolute Gasteiger partial charge is 0.365 e. The summed E-state index contributed by atoms with van der Waals surface area (Å²) in [5.41, 5.74) is 0.827. The lowest BCUT2D eigenvalue weighted by Gasteiger charge is -2.42. The second-order valence-corrected chi connectivity index (χ2v) is 8.15. The van der Waals surface area contributed by atoms with Crippen molar-refractivity contribution in [1.82, 2.24) is 5.32 Å². The quantitative estimate of drug-likeness (QED) is 0.312. The van der Waals surface area contributed by atoms with Gasteiger partial charge in [-0.05, 0) is 31.4 Å². The van der Waals surface area contributed by atoms with Gasteiger partial charge < -0.3 is 10.4 Å². The first-order chi connectivity index (χ1) is 13.8. The maximum Gasteiger partial charge on any atom is 0.269 e. The number of allylic oxidation sites excluding steroid dienone is 1. The van der Waals surface area contributed by atoms with Gasteiger partial charge in [-0.25, -0.2) is 0 Å². The lowest BCUT2D eigenvalue weighted by atomic mass is 9.76. The summed E-state index contributed by atoms with van der Waals surface area (Å²) in [5.74, 6) is -0.476. The van der Waals surface area contributed by atoms with Crippen molar-refractivity contribution in [1.29, 1.82) is 5.26 Å². The molecule has 1 aliphatic heterocycles. The summed E-state index contributed by atoms with van der Waals surface area (Å²) < 4.78 is 1.93. The number of aliphatic hydroxyl groups is 1. The Balaban J connectivity index is 1.92. The van der Waals surface area contributed by atoms with Gasteiger partial charge in [-0.2, -0.15) is 9.83 Å². The molecule has 4 rings (SSSR count). The molecule has 0 amide bonds. The predicted octanol–water partition coefficient (Wildman–Crippen LogP) is 2.88. The minimum Gasteiger partial charge on any atom is -0.365 e. The smallest absolute Gasteiger partial charge is 0.269 e. The first-order valence-corrected chi connectivity index (χ1v) is 9.85. The van der Waals surface area contributed by atoms with E-state index in [-0.39, 0.29) is 11.6 Å². The maximum absolute atomic E-state index is 11.7. The monoisotopic (exact) mass is 409 g/mol. The van der Waals surface area contributed by atoms with Crippen LogP contribution in [-0.2, 0) is 0 Å². The molecule has 148 valence electrons. The molecular weight excluding hydrogens is 388 g/mol. The van der Waals surface area contributed by atoms with Crippen LogP contribution in [0.3, 0.4) is 0 Å². The summed E-state index contributed by atoms with van der Waals surface area (Å²) in [6, 6.07) is 11.8. The first kappa shape index (κ1) is 19.4. The molecule has 3 atom stereocenters. The van der Waals surface area contributed by atoms with Gasteiger partial charge in [0.05, 0.1) is 27.5 Å². The van der Waals surface area contributed by atoms with Gasteiger partial charge in [-0.15, -0.1) is 12.6 Å². The number of aryl methyl sites for hydroxylation is 1. The van der Waals surface area contributed by atoms with Crippen molar-refractivity contribution in [3.8, 4) is 6.07 Å². The molecule has 1 saturated carbocycles. The Hall–Kier alpha value is -2.89. The molecule has 29 heavy (non-hydrogen) atoms. The SMILES string of the molecule is Cc1ccc[n+]([C@@H]2[C@H](c3ccc([N+](=O)[O-])cc3)C(C#N)=C(S)N[C@@]2(O)C2CC2)c1. The van der Waals surface area contributed by atoms with Gasteiger partial charge in [-0.3, -0.25) is 10.1 Å². The van der Waals surface area contributed by atoms with Crippen LogP contribution in [0, 0.1) is 34.3 Å². The number of nitrogens with one attached hydrogen (secondary N) is 1. The number of thiol groups is 1. The molecular formula is C21H21N4O3S+. The highest BCUT2D eigenvalue weighted by Crippen LogP contribution is 2.52. The summed E-state index contributed by atoms with van der Waals surface area (Å²) in [6.07, 6.45) is 5.57. The number of rotatable bonds is 4. The van der Waals surface area contributed by atoms with Crippen molar-refractivity contribution < 1.29 is 14.6 Å². The maximum atomic E-state index is 11.7.